The zero-order chi connectivity index (χ0) is 19.3. The Bertz CT molecular complexity index is 1200. The first-order chi connectivity index (χ1) is 14.2. The number of nitrogens with zero attached hydrogens (tertiary/aromatic N) is 1. The van der Waals surface area contributed by atoms with E-state index in [0.717, 1.165) is 27.7 Å². The predicted molar refractivity (Wildman–Crippen MR) is 112 cm³/mol. The first-order valence-electron chi connectivity index (χ1n) is 10.6. The standard InChI is InChI=1S/C23H23N5O/c24-22-14-8-12(3-5-15(14)27-28-22)21-18-11-2-1-10(7-11)17(18)20-16(26-21)6-4-13-9-25-23(29)19(13)20/h3-6,8,10-11,17-18,21,26H,1-2,7,9H2,(H,25,29)(H3,24,27,28)/t10-,11-,17+,18-,21+/m1/s1. The van der Waals surface area contributed by atoms with Crippen LogP contribution in [0.3, 0.4) is 0 Å². The van der Waals surface area contributed by atoms with Gasteiger partial charge >= 0.3 is 0 Å². The fourth-order valence-corrected chi connectivity index (χ4v) is 6.87. The number of hydrogen-bond donors (Lipinski definition) is 4. The summed E-state index contributed by atoms with van der Waals surface area (Å²) in [6.07, 6.45) is 3.88. The molecular weight excluding hydrogens is 362 g/mol. The number of anilines is 2. The third-order valence-corrected chi connectivity index (χ3v) is 7.98. The second-order valence-electron chi connectivity index (χ2n) is 9.22. The molecule has 2 bridgehead atoms. The van der Waals surface area contributed by atoms with Crippen LogP contribution < -0.4 is 16.4 Å². The van der Waals surface area contributed by atoms with E-state index in [-0.39, 0.29) is 11.9 Å². The highest BCUT2D eigenvalue weighted by molar-refractivity contribution is 6.01. The molecule has 6 heteroatoms. The molecule has 2 saturated carbocycles. The Balaban J connectivity index is 1.42. The SMILES string of the molecule is Nc1n[nH]c2ccc([C@@H]3Nc4ccc5c(c4[C@H]4[C@@H]6CC[C@H](C6)[C@H]43)C(=O)NC5)cc12. The summed E-state index contributed by atoms with van der Waals surface area (Å²) in [7, 11) is 0. The second-order valence-corrected chi connectivity index (χ2v) is 9.22. The van der Waals surface area contributed by atoms with Crippen molar-refractivity contribution in [3.05, 3.63) is 52.6 Å². The zero-order valence-electron chi connectivity index (χ0n) is 16.0. The Morgan fingerprint density at radius 3 is 2.93 bits per heavy atom. The van der Waals surface area contributed by atoms with Crippen molar-refractivity contribution in [3.8, 4) is 0 Å². The molecule has 1 amide bonds. The van der Waals surface area contributed by atoms with Crippen LogP contribution in [-0.4, -0.2) is 16.1 Å². The van der Waals surface area contributed by atoms with E-state index in [2.05, 4.69) is 51.2 Å². The van der Waals surface area contributed by atoms with Gasteiger partial charge < -0.3 is 16.4 Å². The molecule has 2 fully saturated rings. The molecule has 146 valence electrons. The van der Waals surface area contributed by atoms with Gasteiger partial charge in [-0.2, -0.15) is 5.10 Å². The molecule has 3 heterocycles. The summed E-state index contributed by atoms with van der Waals surface area (Å²) >= 11 is 0. The number of carbonyl (C=O) groups is 1. The molecule has 5 atom stereocenters. The van der Waals surface area contributed by atoms with Crippen molar-refractivity contribution in [1.82, 2.24) is 15.5 Å². The Labute approximate surface area is 168 Å². The number of amides is 1. The molecule has 29 heavy (non-hydrogen) atoms. The maximum atomic E-state index is 12.7. The summed E-state index contributed by atoms with van der Waals surface area (Å²) in [5.41, 5.74) is 12.9. The van der Waals surface area contributed by atoms with Gasteiger partial charge in [-0.3, -0.25) is 9.89 Å². The minimum Gasteiger partial charge on any atom is -0.382 e. The number of aromatic nitrogens is 2. The first kappa shape index (κ1) is 15.9. The van der Waals surface area contributed by atoms with Gasteiger partial charge in [-0.15, -0.1) is 0 Å². The van der Waals surface area contributed by atoms with Crippen LogP contribution in [0.4, 0.5) is 11.5 Å². The lowest BCUT2D eigenvalue weighted by Gasteiger charge is -2.44. The molecule has 6 nitrogen and oxygen atoms in total. The summed E-state index contributed by atoms with van der Waals surface area (Å²) in [5.74, 6) is 3.05. The fraction of sp³-hybridized carbons (Fsp3) is 0.391. The summed E-state index contributed by atoms with van der Waals surface area (Å²) in [6.45, 7) is 0.660. The Kier molecular flexibility index (Phi) is 2.91. The Morgan fingerprint density at radius 2 is 2.00 bits per heavy atom. The van der Waals surface area contributed by atoms with Gasteiger partial charge in [-0.05, 0) is 77.8 Å². The van der Waals surface area contributed by atoms with Gasteiger partial charge in [0.1, 0.15) is 0 Å². The number of hydrogen-bond acceptors (Lipinski definition) is 4. The van der Waals surface area contributed by atoms with Gasteiger partial charge in [0, 0.05) is 23.2 Å². The predicted octanol–water partition coefficient (Wildman–Crippen LogP) is 3.69. The van der Waals surface area contributed by atoms with E-state index in [1.54, 1.807) is 0 Å². The molecule has 0 spiro atoms. The smallest absolute Gasteiger partial charge is 0.252 e. The fourth-order valence-electron chi connectivity index (χ4n) is 6.87. The maximum absolute atomic E-state index is 12.7. The quantitative estimate of drug-likeness (QED) is 0.514. The van der Waals surface area contributed by atoms with E-state index >= 15 is 0 Å². The van der Waals surface area contributed by atoms with Gasteiger partial charge in [0.25, 0.3) is 5.91 Å². The molecule has 0 saturated heterocycles. The molecule has 0 unspecified atom stereocenters. The number of nitrogens with two attached hydrogens (primary N) is 1. The average molecular weight is 385 g/mol. The van der Waals surface area contributed by atoms with E-state index in [9.17, 15) is 4.79 Å². The van der Waals surface area contributed by atoms with Crippen molar-refractivity contribution in [2.45, 2.75) is 37.8 Å². The summed E-state index contributed by atoms with van der Waals surface area (Å²) < 4.78 is 0. The van der Waals surface area contributed by atoms with Crippen LogP contribution in [0.15, 0.2) is 30.3 Å². The monoisotopic (exact) mass is 385 g/mol. The largest absolute Gasteiger partial charge is 0.382 e. The lowest BCUT2D eigenvalue weighted by Crippen LogP contribution is -2.36. The minimum atomic E-state index is 0.103. The number of nitrogen functional groups attached to an aromatic ring is 1. The number of nitrogens with one attached hydrogen (secondary N) is 3. The highest BCUT2D eigenvalue weighted by atomic mass is 16.1. The first-order valence-corrected chi connectivity index (χ1v) is 10.6. The van der Waals surface area contributed by atoms with Crippen LogP contribution in [0, 0.1) is 17.8 Å². The lowest BCUT2D eigenvalue weighted by atomic mass is 9.66. The molecule has 3 aromatic rings. The molecule has 2 aromatic carbocycles. The molecule has 5 N–H and O–H groups in total. The van der Waals surface area contributed by atoms with Crippen molar-refractivity contribution in [3.63, 3.8) is 0 Å². The van der Waals surface area contributed by atoms with E-state index in [4.69, 9.17) is 5.73 Å². The van der Waals surface area contributed by atoms with Crippen molar-refractivity contribution < 1.29 is 4.79 Å². The highest BCUT2D eigenvalue weighted by Crippen LogP contribution is 2.64. The topological polar surface area (TPSA) is 95.8 Å². The van der Waals surface area contributed by atoms with E-state index in [1.165, 1.54) is 30.4 Å². The van der Waals surface area contributed by atoms with Crippen LogP contribution in [0.25, 0.3) is 10.9 Å². The third kappa shape index (κ3) is 1.96. The van der Waals surface area contributed by atoms with Gasteiger partial charge in [0.05, 0.1) is 11.6 Å². The maximum Gasteiger partial charge on any atom is 0.252 e. The molecule has 2 aliphatic carbocycles. The molecular formula is C23H23N5O. The highest BCUT2D eigenvalue weighted by Gasteiger charge is 2.55. The second kappa shape index (κ2) is 5.32. The molecule has 0 radical (unpaired) electrons. The Hall–Kier alpha value is -3.02. The lowest BCUT2D eigenvalue weighted by molar-refractivity contribution is 0.0963. The third-order valence-electron chi connectivity index (χ3n) is 7.98. The molecule has 7 rings (SSSR count). The van der Waals surface area contributed by atoms with Crippen LogP contribution in [-0.2, 0) is 6.54 Å². The number of carbonyl (C=O) groups excluding carboxylic acids is 1. The van der Waals surface area contributed by atoms with Crippen molar-refractivity contribution >= 4 is 28.3 Å². The van der Waals surface area contributed by atoms with E-state index in [0.29, 0.717) is 36.0 Å². The molecule has 2 aliphatic heterocycles. The normalized spacial score (nSPS) is 31.3. The molecule has 4 aliphatic rings. The van der Waals surface area contributed by atoms with Gasteiger partial charge in [-0.25, -0.2) is 0 Å². The van der Waals surface area contributed by atoms with Gasteiger partial charge in [0.2, 0.25) is 0 Å². The van der Waals surface area contributed by atoms with Gasteiger partial charge in [-0.1, -0.05) is 12.1 Å². The summed E-state index contributed by atoms with van der Waals surface area (Å²) in [4.78, 5) is 12.7. The van der Waals surface area contributed by atoms with E-state index < -0.39 is 0 Å². The van der Waals surface area contributed by atoms with Crippen molar-refractivity contribution in [2.24, 2.45) is 17.8 Å². The van der Waals surface area contributed by atoms with Crippen LogP contribution in [0.1, 0.15) is 58.3 Å². The summed E-state index contributed by atoms with van der Waals surface area (Å²) in [5, 5.41) is 15.0. The average Bonchev–Trinajstić information content (AvgIpc) is 3.52. The van der Waals surface area contributed by atoms with E-state index in [1.807, 2.05) is 0 Å². The zero-order valence-corrected chi connectivity index (χ0v) is 16.0. The number of H-pyrrole nitrogens is 1. The molecule has 1 aromatic heterocycles. The number of benzene rings is 2. The van der Waals surface area contributed by atoms with Crippen LogP contribution in [0.5, 0.6) is 0 Å². The van der Waals surface area contributed by atoms with Crippen LogP contribution in [0.2, 0.25) is 0 Å². The summed E-state index contributed by atoms with van der Waals surface area (Å²) in [6, 6.07) is 11.0. The minimum absolute atomic E-state index is 0.103. The van der Waals surface area contributed by atoms with Crippen LogP contribution >= 0.6 is 0 Å². The van der Waals surface area contributed by atoms with Crippen molar-refractivity contribution in [1.29, 1.82) is 0 Å². The number of fused-ring (bicyclic) bond motifs is 10. The van der Waals surface area contributed by atoms with Crippen molar-refractivity contribution in [2.75, 3.05) is 11.1 Å². The van der Waals surface area contributed by atoms with Gasteiger partial charge in [0.15, 0.2) is 5.82 Å². The number of rotatable bonds is 1. The Morgan fingerprint density at radius 1 is 1.10 bits per heavy atom. The number of aromatic amines is 1.